The van der Waals surface area contributed by atoms with Crippen LogP contribution in [-0.2, 0) is 23.2 Å². The number of methoxy groups -OCH3 is 1. The van der Waals surface area contributed by atoms with Crippen molar-refractivity contribution in [1.29, 1.82) is 0 Å². The Hall–Kier alpha value is -0.740. The maximum atomic E-state index is 5.95. The molecule has 0 amide bonds. The number of fused-ring (bicyclic) bond motifs is 1. The molecule has 0 bridgehead atoms. The zero-order valence-corrected chi connectivity index (χ0v) is 13.2. The Balaban J connectivity index is 2.03. The average molecular weight is 292 g/mol. The first-order valence-corrected chi connectivity index (χ1v) is 8.34. The summed E-state index contributed by atoms with van der Waals surface area (Å²) in [5.41, 5.74) is 2.35. The van der Waals surface area contributed by atoms with E-state index in [1.54, 1.807) is 0 Å². The molecule has 1 aromatic rings. The third-order valence-corrected chi connectivity index (χ3v) is 5.28. The molecule has 2 aliphatic carbocycles. The Labute approximate surface area is 126 Å². The van der Waals surface area contributed by atoms with Crippen molar-refractivity contribution in [1.82, 2.24) is 9.97 Å². The third-order valence-electron chi connectivity index (χ3n) is 4.94. The lowest BCUT2D eigenvalue weighted by atomic mass is 9.91. The Bertz CT molecular complexity index is 530. The molecule has 0 radical (unpaired) electrons. The van der Waals surface area contributed by atoms with Crippen LogP contribution in [0.25, 0.3) is 0 Å². The van der Waals surface area contributed by atoms with Crippen LogP contribution in [0.15, 0.2) is 0 Å². The van der Waals surface area contributed by atoms with E-state index < -0.39 is 0 Å². The first kappa shape index (κ1) is 14.2. The van der Waals surface area contributed by atoms with E-state index >= 15 is 0 Å². The van der Waals surface area contributed by atoms with Gasteiger partial charge in [0.2, 0.25) is 0 Å². The second kappa shape index (κ2) is 5.94. The summed E-state index contributed by atoms with van der Waals surface area (Å²) in [6.45, 7) is 0. The number of aromatic amines is 1. The van der Waals surface area contributed by atoms with Crippen molar-refractivity contribution in [3.05, 3.63) is 21.7 Å². The fraction of sp³-hybridized carbons (Fsp3) is 0.750. The van der Waals surface area contributed by atoms with Crippen LogP contribution in [0.4, 0.5) is 0 Å². The van der Waals surface area contributed by atoms with Crippen molar-refractivity contribution in [3.8, 4) is 0 Å². The molecule has 1 fully saturated rings. The normalized spacial score (nSPS) is 22.1. The summed E-state index contributed by atoms with van der Waals surface area (Å²) in [5, 5.41) is 0. The summed E-state index contributed by atoms with van der Waals surface area (Å²) < 4.78 is 6.75. The Morgan fingerprint density at radius 3 is 2.45 bits per heavy atom. The zero-order valence-electron chi connectivity index (χ0n) is 12.3. The van der Waals surface area contributed by atoms with E-state index in [4.69, 9.17) is 21.9 Å². The topological polar surface area (TPSA) is 37.9 Å². The van der Waals surface area contributed by atoms with Gasteiger partial charge in [0.05, 0.1) is 0 Å². The molecular formula is C16H24N2OS. The summed E-state index contributed by atoms with van der Waals surface area (Å²) in [6.07, 6.45) is 11.8. The van der Waals surface area contributed by atoms with Gasteiger partial charge in [-0.2, -0.15) is 0 Å². The number of nitrogens with zero attached hydrogens (tertiary/aromatic N) is 1. The van der Waals surface area contributed by atoms with Gasteiger partial charge >= 0.3 is 0 Å². The van der Waals surface area contributed by atoms with Gasteiger partial charge in [0.1, 0.15) is 16.1 Å². The van der Waals surface area contributed by atoms with Crippen LogP contribution < -0.4 is 0 Å². The molecule has 1 saturated carbocycles. The standard InChI is InChI=1S/C16H24N2OS/c1-19-16(10-6-2-3-7-11-16)15-17-13-9-5-4-8-12(13)14(20)18-15/h2-11H2,1H3,(H,17,18,20). The fourth-order valence-corrected chi connectivity index (χ4v) is 3.99. The quantitative estimate of drug-likeness (QED) is 0.655. The van der Waals surface area contributed by atoms with Crippen molar-refractivity contribution >= 4 is 12.2 Å². The van der Waals surface area contributed by atoms with E-state index in [1.807, 2.05) is 7.11 Å². The van der Waals surface area contributed by atoms with Gasteiger partial charge in [-0.15, -0.1) is 0 Å². The third kappa shape index (κ3) is 2.56. The van der Waals surface area contributed by atoms with Crippen molar-refractivity contribution in [2.45, 2.75) is 69.8 Å². The maximum absolute atomic E-state index is 5.95. The first-order chi connectivity index (χ1) is 9.75. The van der Waals surface area contributed by atoms with Gasteiger partial charge in [0.15, 0.2) is 0 Å². The number of H-pyrrole nitrogens is 1. The van der Waals surface area contributed by atoms with E-state index in [0.29, 0.717) is 0 Å². The van der Waals surface area contributed by atoms with E-state index in [0.717, 1.165) is 36.1 Å². The second-order valence-electron chi connectivity index (χ2n) is 6.17. The number of hydrogen-bond acceptors (Lipinski definition) is 3. The van der Waals surface area contributed by atoms with Crippen molar-refractivity contribution in [3.63, 3.8) is 0 Å². The van der Waals surface area contributed by atoms with Crippen molar-refractivity contribution < 1.29 is 4.74 Å². The maximum Gasteiger partial charge on any atom is 0.140 e. The van der Waals surface area contributed by atoms with Crippen molar-refractivity contribution in [2.75, 3.05) is 7.11 Å². The van der Waals surface area contributed by atoms with Crippen LogP contribution in [0.2, 0.25) is 0 Å². The molecule has 3 rings (SSSR count). The largest absolute Gasteiger partial charge is 0.370 e. The van der Waals surface area contributed by atoms with E-state index in [-0.39, 0.29) is 5.60 Å². The average Bonchev–Trinajstić information content (AvgIpc) is 2.73. The number of ether oxygens (including phenoxy) is 1. The highest BCUT2D eigenvalue weighted by atomic mass is 32.1. The Morgan fingerprint density at radius 1 is 1.05 bits per heavy atom. The van der Waals surface area contributed by atoms with Crippen LogP contribution in [0.5, 0.6) is 0 Å². The molecule has 0 spiro atoms. The molecule has 0 unspecified atom stereocenters. The summed E-state index contributed by atoms with van der Waals surface area (Å²) in [6, 6.07) is 0. The van der Waals surface area contributed by atoms with E-state index in [9.17, 15) is 0 Å². The van der Waals surface area contributed by atoms with Crippen molar-refractivity contribution in [2.24, 2.45) is 0 Å². The summed E-state index contributed by atoms with van der Waals surface area (Å²) in [5.74, 6) is 0.979. The Kier molecular flexibility index (Phi) is 4.22. The number of aryl methyl sites for hydroxylation is 1. The highest BCUT2D eigenvalue weighted by molar-refractivity contribution is 7.71. The van der Waals surface area contributed by atoms with E-state index in [2.05, 4.69) is 4.98 Å². The molecule has 4 heteroatoms. The van der Waals surface area contributed by atoms with Crippen LogP contribution in [0.3, 0.4) is 0 Å². The lowest BCUT2D eigenvalue weighted by molar-refractivity contribution is -0.0354. The molecule has 0 saturated heterocycles. The molecule has 1 N–H and O–H groups in total. The number of nitrogens with one attached hydrogen (secondary N) is 1. The fourth-order valence-electron chi connectivity index (χ4n) is 3.67. The molecule has 3 nitrogen and oxygen atoms in total. The predicted octanol–water partition coefficient (Wildman–Crippen LogP) is 4.21. The molecule has 110 valence electrons. The van der Waals surface area contributed by atoms with Gasteiger partial charge < -0.3 is 9.72 Å². The van der Waals surface area contributed by atoms with Gasteiger partial charge in [0, 0.05) is 18.4 Å². The van der Waals surface area contributed by atoms with Crippen LogP contribution in [-0.4, -0.2) is 17.1 Å². The summed E-state index contributed by atoms with van der Waals surface area (Å²) in [7, 11) is 1.82. The first-order valence-electron chi connectivity index (χ1n) is 7.93. The monoisotopic (exact) mass is 292 g/mol. The minimum absolute atomic E-state index is 0.240. The zero-order chi connectivity index (χ0) is 14.0. The molecule has 0 atom stereocenters. The molecular weight excluding hydrogens is 268 g/mol. The van der Waals surface area contributed by atoms with Crippen LogP contribution in [0, 0.1) is 4.64 Å². The molecule has 1 aromatic heterocycles. The SMILES string of the molecule is COC1(c2nc(=S)c3c([nH]2)CCCC3)CCCCCC1. The van der Waals surface area contributed by atoms with Gasteiger partial charge in [-0.25, -0.2) is 4.98 Å². The number of hydrogen-bond donors (Lipinski definition) is 1. The lowest BCUT2D eigenvalue weighted by Gasteiger charge is -2.31. The molecule has 2 aliphatic rings. The predicted molar refractivity (Wildman–Crippen MR) is 82.5 cm³/mol. The Morgan fingerprint density at radius 2 is 1.75 bits per heavy atom. The second-order valence-corrected chi connectivity index (χ2v) is 6.55. The molecule has 1 heterocycles. The number of rotatable bonds is 2. The van der Waals surface area contributed by atoms with Crippen LogP contribution >= 0.6 is 12.2 Å². The minimum Gasteiger partial charge on any atom is -0.370 e. The summed E-state index contributed by atoms with van der Waals surface area (Å²) in [4.78, 5) is 8.32. The van der Waals surface area contributed by atoms with Gasteiger partial charge in [0.25, 0.3) is 0 Å². The van der Waals surface area contributed by atoms with E-state index in [1.165, 1.54) is 49.8 Å². The van der Waals surface area contributed by atoms with Gasteiger partial charge in [-0.1, -0.05) is 37.9 Å². The van der Waals surface area contributed by atoms with Gasteiger partial charge in [-0.3, -0.25) is 0 Å². The molecule has 0 aromatic carbocycles. The minimum atomic E-state index is -0.240. The van der Waals surface area contributed by atoms with Gasteiger partial charge in [-0.05, 0) is 38.5 Å². The molecule has 0 aliphatic heterocycles. The summed E-state index contributed by atoms with van der Waals surface area (Å²) >= 11 is 5.54. The molecule has 20 heavy (non-hydrogen) atoms. The highest BCUT2D eigenvalue weighted by Crippen LogP contribution is 2.38. The van der Waals surface area contributed by atoms with Crippen LogP contribution in [0.1, 0.15) is 68.4 Å². The highest BCUT2D eigenvalue weighted by Gasteiger charge is 2.35. The lowest BCUT2D eigenvalue weighted by Crippen LogP contribution is -2.31. The number of aromatic nitrogens is 2. The smallest absolute Gasteiger partial charge is 0.140 e.